The Hall–Kier alpha value is -3.48. The second-order valence-electron chi connectivity index (χ2n) is 5.86. The summed E-state index contributed by atoms with van der Waals surface area (Å²) in [7, 11) is 0. The molecule has 3 aromatic rings. The molecular formula is C19H17FN4O2. The summed E-state index contributed by atoms with van der Waals surface area (Å²) in [5.74, 6) is -1.83. The number of aromatic nitrogens is 2. The molecule has 0 aliphatic heterocycles. The highest BCUT2D eigenvalue weighted by molar-refractivity contribution is 6.05. The summed E-state index contributed by atoms with van der Waals surface area (Å²) >= 11 is 0. The maximum atomic E-state index is 13.9. The molecule has 0 aliphatic rings. The van der Waals surface area contributed by atoms with Crippen LogP contribution in [0.25, 0.3) is 0 Å². The number of anilines is 1. The van der Waals surface area contributed by atoms with Crippen LogP contribution in [0.1, 0.15) is 31.8 Å². The summed E-state index contributed by atoms with van der Waals surface area (Å²) < 4.78 is 15.6. The van der Waals surface area contributed by atoms with Crippen molar-refractivity contribution in [2.45, 2.75) is 13.5 Å². The van der Waals surface area contributed by atoms with Gasteiger partial charge in [-0.25, -0.2) is 4.39 Å². The molecule has 26 heavy (non-hydrogen) atoms. The molecule has 0 bridgehead atoms. The Morgan fingerprint density at radius 1 is 1.19 bits per heavy atom. The van der Waals surface area contributed by atoms with Crippen molar-refractivity contribution in [2.75, 3.05) is 5.32 Å². The molecule has 0 saturated heterocycles. The molecule has 1 aromatic heterocycles. The molecule has 0 unspecified atom stereocenters. The second-order valence-corrected chi connectivity index (χ2v) is 5.86. The Bertz CT molecular complexity index is 967. The van der Waals surface area contributed by atoms with E-state index in [0.29, 0.717) is 12.1 Å². The second kappa shape index (κ2) is 7.18. The monoisotopic (exact) mass is 352 g/mol. The van der Waals surface area contributed by atoms with Gasteiger partial charge in [0.25, 0.3) is 5.91 Å². The number of hydrogen-bond donors (Lipinski definition) is 2. The van der Waals surface area contributed by atoms with Crippen LogP contribution in [0.4, 0.5) is 10.1 Å². The van der Waals surface area contributed by atoms with E-state index in [0.717, 1.165) is 11.6 Å². The molecule has 3 rings (SSSR count). The number of amides is 2. The Balaban J connectivity index is 1.78. The van der Waals surface area contributed by atoms with Gasteiger partial charge in [-0.3, -0.25) is 14.3 Å². The molecule has 0 spiro atoms. The highest BCUT2D eigenvalue weighted by Gasteiger charge is 2.15. The standard InChI is InChI=1S/C19H17FN4O2/c1-12-16(20)7-14(18(21)25)8-17(12)23-19(26)15-9-22-24(11-15)10-13-5-3-2-4-6-13/h2-9,11H,10H2,1H3,(H2,21,25)(H,23,26). The van der Waals surface area contributed by atoms with Crippen LogP contribution in [0, 0.1) is 12.7 Å². The van der Waals surface area contributed by atoms with Gasteiger partial charge in [-0.1, -0.05) is 30.3 Å². The molecule has 2 aromatic carbocycles. The van der Waals surface area contributed by atoms with Crippen molar-refractivity contribution in [3.05, 3.63) is 82.9 Å². The van der Waals surface area contributed by atoms with Crippen molar-refractivity contribution in [2.24, 2.45) is 5.73 Å². The molecule has 1 heterocycles. The molecule has 3 N–H and O–H groups in total. The Kier molecular flexibility index (Phi) is 4.79. The summed E-state index contributed by atoms with van der Waals surface area (Å²) in [5.41, 5.74) is 6.97. The first kappa shape index (κ1) is 17.3. The van der Waals surface area contributed by atoms with Crippen molar-refractivity contribution in [3.63, 3.8) is 0 Å². The first-order valence-corrected chi connectivity index (χ1v) is 7.91. The summed E-state index contributed by atoms with van der Waals surface area (Å²) in [6.07, 6.45) is 3.04. The third kappa shape index (κ3) is 3.77. The van der Waals surface area contributed by atoms with Crippen LogP contribution in [0.15, 0.2) is 54.9 Å². The van der Waals surface area contributed by atoms with Gasteiger partial charge in [0.1, 0.15) is 5.82 Å². The summed E-state index contributed by atoms with van der Waals surface area (Å²) in [5, 5.41) is 6.77. The summed E-state index contributed by atoms with van der Waals surface area (Å²) in [4.78, 5) is 23.7. The number of carbonyl (C=O) groups excluding carboxylic acids is 2. The number of nitrogens with one attached hydrogen (secondary N) is 1. The van der Waals surface area contributed by atoms with Crippen molar-refractivity contribution in [3.8, 4) is 0 Å². The number of hydrogen-bond acceptors (Lipinski definition) is 3. The molecule has 0 aliphatic carbocycles. The lowest BCUT2D eigenvalue weighted by Crippen LogP contribution is -2.16. The average Bonchev–Trinajstić information content (AvgIpc) is 3.08. The van der Waals surface area contributed by atoms with E-state index in [-0.39, 0.29) is 16.8 Å². The SMILES string of the molecule is Cc1c(F)cc(C(N)=O)cc1NC(=O)c1cnn(Cc2ccccc2)c1. The first-order chi connectivity index (χ1) is 12.4. The number of primary amides is 1. The lowest BCUT2D eigenvalue weighted by Gasteiger charge is -2.10. The third-order valence-electron chi connectivity index (χ3n) is 3.96. The number of nitrogens with zero attached hydrogens (tertiary/aromatic N) is 2. The van der Waals surface area contributed by atoms with E-state index in [2.05, 4.69) is 10.4 Å². The Morgan fingerprint density at radius 3 is 2.62 bits per heavy atom. The minimum Gasteiger partial charge on any atom is -0.366 e. The molecule has 2 amide bonds. The maximum absolute atomic E-state index is 13.9. The van der Waals surface area contributed by atoms with E-state index in [9.17, 15) is 14.0 Å². The number of nitrogens with two attached hydrogens (primary N) is 1. The number of benzene rings is 2. The molecular weight excluding hydrogens is 335 g/mol. The Labute approximate surface area is 149 Å². The van der Waals surface area contributed by atoms with Gasteiger partial charge in [-0.2, -0.15) is 5.10 Å². The number of carbonyl (C=O) groups is 2. The quantitative estimate of drug-likeness (QED) is 0.740. The fourth-order valence-corrected chi connectivity index (χ4v) is 2.48. The van der Waals surface area contributed by atoms with Crippen LogP contribution in [0.5, 0.6) is 0 Å². The molecule has 6 nitrogen and oxygen atoms in total. The highest BCUT2D eigenvalue weighted by atomic mass is 19.1. The van der Waals surface area contributed by atoms with Crippen LogP contribution in [0.3, 0.4) is 0 Å². The fraction of sp³-hybridized carbons (Fsp3) is 0.105. The van der Waals surface area contributed by atoms with Gasteiger partial charge in [0.2, 0.25) is 5.91 Å². The largest absolute Gasteiger partial charge is 0.366 e. The van der Waals surface area contributed by atoms with Gasteiger partial charge >= 0.3 is 0 Å². The molecule has 7 heteroatoms. The highest BCUT2D eigenvalue weighted by Crippen LogP contribution is 2.21. The third-order valence-corrected chi connectivity index (χ3v) is 3.96. The lowest BCUT2D eigenvalue weighted by atomic mass is 10.1. The fourth-order valence-electron chi connectivity index (χ4n) is 2.48. The Morgan fingerprint density at radius 2 is 1.92 bits per heavy atom. The zero-order valence-corrected chi connectivity index (χ0v) is 14.1. The summed E-state index contributed by atoms with van der Waals surface area (Å²) in [6, 6.07) is 12.1. The van der Waals surface area contributed by atoms with Gasteiger partial charge in [-0.05, 0) is 24.6 Å². The van der Waals surface area contributed by atoms with Crippen LogP contribution >= 0.6 is 0 Å². The van der Waals surface area contributed by atoms with Gasteiger partial charge in [0.15, 0.2) is 0 Å². The van der Waals surface area contributed by atoms with E-state index < -0.39 is 17.6 Å². The minimum absolute atomic E-state index is 0.0110. The van der Waals surface area contributed by atoms with Gasteiger partial charge in [-0.15, -0.1) is 0 Å². The molecule has 0 radical (unpaired) electrons. The van der Waals surface area contributed by atoms with Crippen molar-refractivity contribution >= 4 is 17.5 Å². The van der Waals surface area contributed by atoms with E-state index in [1.54, 1.807) is 10.9 Å². The predicted octanol–water partition coefficient (Wildman–Crippen LogP) is 2.73. The maximum Gasteiger partial charge on any atom is 0.258 e. The summed E-state index contributed by atoms with van der Waals surface area (Å²) in [6.45, 7) is 2.04. The van der Waals surface area contributed by atoms with Crippen LogP contribution in [-0.2, 0) is 6.54 Å². The van der Waals surface area contributed by atoms with Crippen molar-refractivity contribution in [1.29, 1.82) is 0 Å². The smallest absolute Gasteiger partial charge is 0.258 e. The zero-order valence-electron chi connectivity index (χ0n) is 14.1. The van der Waals surface area contributed by atoms with Crippen LogP contribution in [-0.4, -0.2) is 21.6 Å². The van der Waals surface area contributed by atoms with Crippen molar-refractivity contribution < 1.29 is 14.0 Å². The van der Waals surface area contributed by atoms with E-state index in [1.807, 2.05) is 30.3 Å². The van der Waals surface area contributed by atoms with Gasteiger partial charge in [0.05, 0.1) is 18.3 Å². The molecule has 0 atom stereocenters. The number of halogens is 1. The molecule has 132 valence electrons. The zero-order chi connectivity index (χ0) is 18.7. The van der Waals surface area contributed by atoms with E-state index in [1.165, 1.54) is 19.2 Å². The minimum atomic E-state index is -0.768. The van der Waals surface area contributed by atoms with Crippen LogP contribution < -0.4 is 11.1 Å². The van der Waals surface area contributed by atoms with Gasteiger partial charge in [0, 0.05) is 23.0 Å². The normalized spacial score (nSPS) is 10.5. The topological polar surface area (TPSA) is 90.0 Å². The predicted molar refractivity (Wildman–Crippen MR) is 95.4 cm³/mol. The van der Waals surface area contributed by atoms with Crippen molar-refractivity contribution in [1.82, 2.24) is 9.78 Å². The first-order valence-electron chi connectivity index (χ1n) is 7.91. The lowest BCUT2D eigenvalue weighted by molar-refractivity contribution is 0.0995. The molecule has 0 fully saturated rings. The average molecular weight is 352 g/mol. The van der Waals surface area contributed by atoms with E-state index in [4.69, 9.17) is 5.73 Å². The molecule has 0 saturated carbocycles. The van der Waals surface area contributed by atoms with Crippen LogP contribution in [0.2, 0.25) is 0 Å². The number of rotatable bonds is 5. The van der Waals surface area contributed by atoms with E-state index >= 15 is 0 Å². The van der Waals surface area contributed by atoms with Gasteiger partial charge < -0.3 is 11.1 Å².